The predicted molar refractivity (Wildman–Crippen MR) is 224 cm³/mol. The number of benzene rings is 3. The van der Waals surface area contributed by atoms with Crippen molar-refractivity contribution < 1.29 is 42.9 Å². The van der Waals surface area contributed by atoms with Crippen LogP contribution in [0.3, 0.4) is 0 Å². The Morgan fingerprint density at radius 1 is 0.746 bits per heavy atom. The van der Waals surface area contributed by atoms with Crippen LogP contribution in [0.5, 0.6) is 11.5 Å². The van der Waals surface area contributed by atoms with Gasteiger partial charge in [-0.15, -0.1) is 5.10 Å². The number of ether oxygens (including phenoxy) is 4. The lowest BCUT2D eigenvalue weighted by Crippen LogP contribution is -2.26. The SMILES string of the molecule is C=CCOC(=O)c1ccc(NC(=O)c2ccc(NC(=O)c3ccc(NC(=O)C(C)Cc4cnnn4COC(=O)C(C)(C)C)cc3)c(C)c2OCC=C)c(C)c1OCC=C. The summed E-state index contributed by atoms with van der Waals surface area (Å²) in [6, 6.07) is 12.6. The van der Waals surface area contributed by atoms with Gasteiger partial charge in [0.15, 0.2) is 6.73 Å². The molecule has 0 aliphatic rings. The normalized spacial score (nSPS) is 11.4. The molecule has 3 amide bonds. The number of nitrogens with one attached hydrogen (secondary N) is 3. The van der Waals surface area contributed by atoms with Crippen molar-refractivity contribution in [1.82, 2.24) is 15.0 Å². The van der Waals surface area contributed by atoms with Crippen LogP contribution in [0.1, 0.15) is 75.6 Å². The molecule has 0 aliphatic heterocycles. The molecule has 3 aromatic carbocycles. The lowest BCUT2D eigenvalue weighted by Gasteiger charge is -2.19. The molecule has 0 saturated carbocycles. The van der Waals surface area contributed by atoms with E-state index in [0.717, 1.165) is 0 Å². The van der Waals surface area contributed by atoms with Crippen molar-refractivity contribution in [3.05, 3.63) is 126 Å². The standard InChI is InChI=1S/C44H50N6O9/c1-10-21-56-37-28(5)35(19-17-33(37)41(53)48-36-20-18-34(42(54)58-23-12-3)38(29(36)6)57-22-11-2)47-40(52)30-13-15-31(16-14-30)46-39(51)27(4)24-32-25-45-49-50(32)26-59-43(55)44(7,8)9/h10-20,25,27H,1-3,21-24,26H2,4-9H3,(H,46,51)(H,47,52)(H,48,53). The zero-order valence-corrected chi connectivity index (χ0v) is 34.2. The number of carbonyl (C=O) groups excluding carboxylic acids is 5. The fourth-order valence-electron chi connectivity index (χ4n) is 5.51. The molecule has 1 atom stereocenters. The van der Waals surface area contributed by atoms with E-state index in [-0.39, 0.29) is 67.5 Å². The van der Waals surface area contributed by atoms with Crippen LogP contribution in [0, 0.1) is 25.2 Å². The topological polar surface area (TPSA) is 189 Å². The molecule has 15 nitrogen and oxygen atoms in total. The van der Waals surface area contributed by atoms with Crippen molar-refractivity contribution >= 4 is 46.7 Å². The van der Waals surface area contributed by atoms with Crippen LogP contribution in [0.15, 0.2) is 92.7 Å². The van der Waals surface area contributed by atoms with Gasteiger partial charge in [0.2, 0.25) is 5.91 Å². The van der Waals surface area contributed by atoms with E-state index in [1.165, 1.54) is 41.2 Å². The van der Waals surface area contributed by atoms with Crippen molar-refractivity contribution in [3.8, 4) is 11.5 Å². The van der Waals surface area contributed by atoms with E-state index in [1.54, 1.807) is 77.9 Å². The molecule has 4 aromatic rings. The third-order valence-electron chi connectivity index (χ3n) is 8.80. The first-order valence-electron chi connectivity index (χ1n) is 18.7. The highest BCUT2D eigenvalue weighted by Crippen LogP contribution is 2.34. The number of anilines is 3. The Kier molecular flexibility index (Phi) is 15.5. The van der Waals surface area contributed by atoms with Crippen molar-refractivity contribution in [2.45, 2.75) is 54.7 Å². The molecule has 1 heterocycles. The molecule has 0 radical (unpaired) electrons. The van der Waals surface area contributed by atoms with Crippen molar-refractivity contribution in [1.29, 1.82) is 0 Å². The van der Waals surface area contributed by atoms with E-state index in [0.29, 0.717) is 39.4 Å². The Morgan fingerprint density at radius 2 is 1.31 bits per heavy atom. The fraction of sp³-hybridized carbons (Fsp3) is 0.295. The number of hydrogen-bond acceptors (Lipinski definition) is 11. The second-order valence-corrected chi connectivity index (χ2v) is 14.4. The smallest absolute Gasteiger partial charge is 0.342 e. The van der Waals surface area contributed by atoms with E-state index >= 15 is 0 Å². The first-order valence-corrected chi connectivity index (χ1v) is 18.7. The number of rotatable bonds is 19. The van der Waals surface area contributed by atoms with Gasteiger partial charge < -0.3 is 34.9 Å². The molecule has 1 aromatic heterocycles. The van der Waals surface area contributed by atoms with Gasteiger partial charge in [0.25, 0.3) is 11.8 Å². The van der Waals surface area contributed by atoms with Gasteiger partial charge in [-0.3, -0.25) is 19.2 Å². The van der Waals surface area contributed by atoms with E-state index in [9.17, 15) is 24.0 Å². The third-order valence-corrected chi connectivity index (χ3v) is 8.80. The first-order chi connectivity index (χ1) is 28.1. The molecule has 3 N–H and O–H groups in total. The van der Waals surface area contributed by atoms with Gasteiger partial charge in [0.05, 0.1) is 22.9 Å². The molecule has 0 bridgehead atoms. The van der Waals surface area contributed by atoms with E-state index in [2.05, 4.69) is 46.0 Å². The maximum absolute atomic E-state index is 13.7. The molecule has 0 fully saturated rings. The molecule has 310 valence electrons. The highest BCUT2D eigenvalue weighted by molar-refractivity contribution is 6.09. The highest BCUT2D eigenvalue weighted by Gasteiger charge is 2.25. The Labute approximate surface area is 343 Å². The van der Waals surface area contributed by atoms with E-state index in [1.807, 2.05) is 0 Å². The van der Waals surface area contributed by atoms with Gasteiger partial charge in [-0.05, 0) is 83.1 Å². The van der Waals surface area contributed by atoms with E-state index < -0.39 is 29.1 Å². The summed E-state index contributed by atoms with van der Waals surface area (Å²) in [4.78, 5) is 65.1. The molecule has 15 heteroatoms. The lowest BCUT2D eigenvalue weighted by molar-refractivity contribution is -0.157. The number of aromatic nitrogens is 3. The first kappa shape index (κ1) is 44.7. The molecular formula is C44H50N6O9. The maximum atomic E-state index is 13.7. The largest absolute Gasteiger partial charge is 0.488 e. The molecule has 0 aliphatic carbocycles. The predicted octanol–water partition coefficient (Wildman–Crippen LogP) is 7.24. The Bertz CT molecular complexity index is 2220. The number of carbonyl (C=O) groups is 5. The van der Waals surface area contributed by atoms with Gasteiger partial charge in [-0.1, -0.05) is 50.1 Å². The maximum Gasteiger partial charge on any atom is 0.342 e. The monoisotopic (exact) mass is 806 g/mol. The molecule has 4 rings (SSSR count). The minimum Gasteiger partial charge on any atom is -0.488 e. The van der Waals surface area contributed by atoms with Gasteiger partial charge in [0, 0.05) is 46.1 Å². The summed E-state index contributed by atoms with van der Waals surface area (Å²) in [5.74, 6) is -2.25. The Balaban J connectivity index is 1.44. The number of hydrogen-bond donors (Lipinski definition) is 3. The Hall–Kier alpha value is -7.03. The summed E-state index contributed by atoms with van der Waals surface area (Å²) in [5, 5.41) is 16.5. The summed E-state index contributed by atoms with van der Waals surface area (Å²) in [6.45, 7) is 21.4. The summed E-state index contributed by atoms with van der Waals surface area (Å²) in [6.07, 6.45) is 6.33. The molecule has 1 unspecified atom stereocenters. The van der Waals surface area contributed by atoms with Crippen LogP contribution in [0.4, 0.5) is 17.1 Å². The van der Waals surface area contributed by atoms with E-state index in [4.69, 9.17) is 18.9 Å². The van der Waals surface area contributed by atoms with Crippen molar-refractivity contribution in [2.24, 2.45) is 11.3 Å². The molecule has 0 spiro atoms. The van der Waals surface area contributed by atoms with Gasteiger partial charge in [0.1, 0.15) is 36.9 Å². The van der Waals surface area contributed by atoms with Crippen LogP contribution in [-0.2, 0) is 32.2 Å². The fourth-order valence-corrected chi connectivity index (χ4v) is 5.51. The quantitative estimate of drug-likeness (QED) is 0.0640. The molecular weight excluding hydrogens is 757 g/mol. The summed E-state index contributed by atoms with van der Waals surface area (Å²) >= 11 is 0. The van der Waals surface area contributed by atoms with Crippen LogP contribution in [0.2, 0.25) is 0 Å². The number of amides is 3. The van der Waals surface area contributed by atoms with Gasteiger partial charge >= 0.3 is 11.9 Å². The summed E-state index contributed by atoms with van der Waals surface area (Å²) in [7, 11) is 0. The zero-order chi connectivity index (χ0) is 43.3. The highest BCUT2D eigenvalue weighted by atomic mass is 16.5. The second kappa shape index (κ2) is 20.4. The molecule has 59 heavy (non-hydrogen) atoms. The van der Waals surface area contributed by atoms with Crippen molar-refractivity contribution in [2.75, 3.05) is 35.8 Å². The van der Waals surface area contributed by atoms with Crippen molar-refractivity contribution in [3.63, 3.8) is 0 Å². The molecule has 0 saturated heterocycles. The zero-order valence-electron chi connectivity index (χ0n) is 34.2. The second-order valence-electron chi connectivity index (χ2n) is 14.4. The average molecular weight is 807 g/mol. The van der Waals surface area contributed by atoms with Crippen LogP contribution < -0.4 is 25.4 Å². The van der Waals surface area contributed by atoms with Crippen LogP contribution in [0.25, 0.3) is 0 Å². The van der Waals surface area contributed by atoms with Gasteiger partial charge in [-0.25, -0.2) is 9.48 Å². The number of nitrogens with zero attached hydrogens (tertiary/aromatic N) is 3. The lowest BCUT2D eigenvalue weighted by atomic mass is 9.98. The average Bonchev–Trinajstić information content (AvgIpc) is 3.65. The number of esters is 2. The third kappa shape index (κ3) is 11.8. The van der Waals surface area contributed by atoms with Gasteiger partial charge in [-0.2, -0.15) is 0 Å². The van der Waals surface area contributed by atoms with Crippen LogP contribution >= 0.6 is 0 Å². The minimum atomic E-state index is -0.672. The summed E-state index contributed by atoms with van der Waals surface area (Å²) < 4.78 is 23.7. The Morgan fingerprint density at radius 3 is 1.88 bits per heavy atom. The minimum absolute atomic E-state index is 0.0164. The van der Waals surface area contributed by atoms with Crippen LogP contribution in [-0.4, -0.2) is 64.5 Å². The summed E-state index contributed by atoms with van der Waals surface area (Å²) in [5.41, 5.74) is 2.86.